The van der Waals surface area contributed by atoms with Crippen LogP contribution in [-0.2, 0) is 57.6 Å². The van der Waals surface area contributed by atoms with Gasteiger partial charge in [-0.3, -0.25) is 9.59 Å². The Bertz CT molecular complexity index is 896. The Morgan fingerprint density at radius 2 is 1.13 bits per heavy atom. The van der Waals surface area contributed by atoms with Crippen molar-refractivity contribution < 1.29 is 19.1 Å². The van der Waals surface area contributed by atoms with Crippen molar-refractivity contribution in [3.8, 4) is 0 Å². The van der Waals surface area contributed by atoms with Crippen molar-refractivity contribution in [1.29, 1.82) is 0 Å². The minimum absolute atomic E-state index is 0.231. The number of aryl methyl sites for hydroxylation is 4. The third kappa shape index (κ3) is 4.39. The summed E-state index contributed by atoms with van der Waals surface area (Å²) in [5, 5.41) is 0. The van der Waals surface area contributed by atoms with Crippen LogP contribution in [0.4, 0.5) is 0 Å². The number of hydrogen-bond acceptors (Lipinski definition) is 4. The molecular formula is C27H32O4. The molecule has 0 atom stereocenters. The first kappa shape index (κ1) is 21.6. The molecule has 0 bridgehead atoms. The van der Waals surface area contributed by atoms with Crippen LogP contribution in [0, 0.1) is 5.41 Å². The first-order valence-corrected chi connectivity index (χ1v) is 11.6. The lowest BCUT2D eigenvalue weighted by Crippen LogP contribution is -2.46. The van der Waals surface area contributed by atoms with E-state index in [0.717, 1.165) is 49.7 Å². The van der Waals surface area contributed by atoms with E-state index < -0.39 is 17.4 Å². The van der Waals surface area contributed by atoms with Gasteiger partial charge >= 0.3 is 11.9 Å². The molecule has 0 radical (unpaired) electrons. The zero-order valence-electron chi connectivity index (χ0n) is 18.7. The van der Waals surface area contributed by atoms with Crippen LogP contribution in [0.3, 0.4) is 0 Å². The number of hydrogen-bond donors (Lipinski definition) is 0. The third-order valence-corrected chi connectivity index (χ3v) is 6.67. The molecule has 0 aromatic heterocycles. The summed E-state index contributed by atoms with van der Waals surface area (Å²) in [4.78, 5) is 26.7. The van der Waals surface area contributed by atoms with Crippen LogP contribution in [0.5, 0.6) is 0 Å². The summed E-state index contributed by atoms with van der Waals surface area (Å²) in [6, 6.07) is 12.7. The zero-order valence-corrected chi connectivity index (χ0v) is 18.7. The lowest BCUT2D eigenvalue weighted by Gasteiger charge is -2.30. The fourth-order valence-corrected chi connectivity index (χ4v) is 5.14. The molecular weight excluding hydrogens is 388 g/mol. The van der Waals surface area contributed by atoms with Gasteiger partial charge in [0.25, 0.3) is 0 Å². The lowest BCUT2D eigenvalue weighted by molar-refractivity contribution is -0.172. The highest BCUT2D eigenvalue weighted by Crippen LogP contribution is 2.35. The molecule has 31 heavy (non-hydrogen) atoms. The SMILES string of the molecule is CCOC(=O)C(Cc1ccc2c(c1)CCC2)(Cc1ccc2c(c1)CCC2)C(=O)OCC. The maximum Gasteiger partial charge on any atom is 0.324 e. The Kier molecular flexibility index (Phi) is 6.45. The third-order valence-electron chi connectivity index (χ3n) is 6.67. The number of esters is 2. The van der Waals surface area contributed by atoms with Crippen molar-refractivity contribution in [2.75, 3.05) is 13.2 Å². The molecule has 2 aliphatic carbocycles. The smallest absolute Gasteiger partial charge is 0.324 e. The summed E-state index contributed by atoms with van der Waals surface area (Å²) < 4.78 is 10.9. The van der Waals surface area contributed by atoms with Crippen LogP contribution in [-0.4, -0.2) is 25.2 Å². The van der Waals surface area contributed by atoms with E-state index in [0.29, 0.717) is 0 Å². The van der Waals surface area contributed by atoms with Gasteiger partial charge in [0.15, 0.2) is 5.41 Å². The zero-order chi connectivity index (χ0) is 21.8. The van der Waals surface area contributed by atoms with Gasteiger partial charge in [0, 0.05) is 0 Å². The highest BCUT2D eigenvalue weighted by Gasteiger charge is 2.49. The van der Waals surface area contributed by atoms with Crippen LogP contribution in [0.1, 0.15) is 60.1 Å². The highest BCUT2D eigenvalue weighted by atomic mass is 16.6. The van der Waals surface area contributed by atoms with Crippen molar-refractivity contribution in [3.05, 3.63) is 69.8 Å². The van der Waals surface area contributed by atoms with E-state index in [9.17, 15) is 9.59 Å². The summed E-state index contributed by atoms with van der Waals surface area (Å²) in [6.45, 7) is 4.01. The minimum Gasteiger partial charge on any atom is -0.465 e. The molecule has 0 saturated heterocycles. The van der Waals surface area contributed by atoms with Crippen LogP contribution in [0.25, 0.3) is 0 Å². The fraction of sp³-hybridized carbons (Fsp3) is 0.481. The van der Waals surface area contributed by atoms with Gasteiger partial charge in [-0.05, 0) is 98.6 Å². The second kappa shape index (κ2) is 9.25. The number of ether oxygens (including phenoxy) is 2. The maximum absolute atomic E-state index is 13.3. The van der Waals surface area contributed by atoms with Gasteiger partial charge < -0.3 is 9.47 Å². The summed E-state index contributed by atoms with van der Waals surface area (Å²) in [5.41, 5.74) is 6.01. The van der Waals surface area contributed by atoms with E-state index in [1.807, 2.05) is 0 Å². The summed E-state index contributed by atoms with van der Waals surface area (Å²) in [6.07, 6.45) is 7.21. The van der Waals surface area contributed by atoms with Gasteiger partial charge in [-0.25, -0.2) is 0 Å². The fourth-order valence-electron chi connectivity index (χ4n) is 5.14. The van der Waals surface area contributed by atoms with Crippen molar-refractivity contribution in [1.82, 2.24) is 0 Å². The molecule has 0 N–H and O–H groups in total. The average Bonchev–Trinajstić information content (AvgIpc) is 3.42. The number of carbonyl (C=O) groups is 2. The van der Waals surface area contributed by atoms with E-state index in [4.69, 9.17) is 9.47 Å². The van der Waals surface area contributed by atoms with Gasteiger partial charge in [0.1, 0.15) is 0 Å². The second-order valence-corrected chi connectivity index (χ2v) is 8.79. The molecule has 0 spiro atoms. The molecule has 4 nitrogen and oxygen atoms in total. The van der Waals surface area contributed by atoms with Crippen LogP contribution < -0.4 is 0 Å². The van der Waals surface area contributed by atoms with Gasteiger partial charge in [-0.1, -0.05) is 36.4 Å². The summed E-state index contributed by atoms with van der Waals surface area (Å²) in [7, 11) is 0. The number of fused-ring (bicyclic) bond motifs is 2. The molecule has 0 saturated carbocycles. The van der Waals surface area contributed by atoms with Gasteiger partial charge in [-0.2, -0.15) is 0 Å². The Hall–Kier alpha value is -2.62. The second-order valence-electron chi connectivity index (χ2n) is 8.79. The van der Waals surface area contributed by atoms with Gasteiger partial charge in [0.2, 0.25) is 0 Å². The average molecular weight is 421 g/mol. The van der Waals surface area contributed by atoms with Crippen LogP contribution >= 0.6 is 0 Å². The predicted molar refractivity (Wildman–Crippen MR) is 120 cm³/mol. The number of carbonyl (C=O) groups excluding carboxylic acids is 2. The molecule has 0 heterocycles. The van der Waals surface area contributed by atoms with Crippen LogP contribution in [0.2, 0.25) is 0 Å². The number of benzene rings is 2. The Morgan fingerprint density at radius 1 is 0.710 bits per heavy atom. The van der Waals surface area contributed by atoms with E-state index in [1.54, 1.807) is 13.8 Å². The minimum atomic E-state index is -1.38. The standard InChI is InChI=1S/C27H32O4/c1-3-30-25(28)27(26(29)31-4-2,17-19-11-13-21-7-5-9-23(21)15-19)18-20-12-14-22-8-6-10-24(22)16-20/h11-16H,3-10,17-18H2,1-2H3. The van der Waals surface area contributed by atoms with Gasteiger partial charge in [0.05, 0.1) is 13.2 Å². The van der Waals surface area contributed by atoms with E-state index in [1.165, 1.54) is 22.3 Å². The molecule has 0 aliphatic heterocycles. The van der Waals surface area contributed by atoms with Gasteiger partial charge in [-0.15, -0.1) is 0 Å². The maximum atomic E-state index is 13.3. The first-order valence-electron chi connectivity index (χ1n) is 11.6. The molecule has 0 fully saturated rings. The molecule has 0 unspecified atom stereocenters. The monoisotopic (exact) mass is 420 g/mol. The quantitative estimate of drug-likeness (QED) is 0.464. The molecule has 2 aliphatic rings. The lowest BCUT2D eigenvalue weighted by atomic mass is 9.75. The highest BCUT2D eigenvalue weighted by molar-refractivity contribution is 6.00. The molecule has 164 valence electrons. The first-order chi connectivity index (χ1) is 15.1. The van der Waals surface area contributed by atoms with Crippen LogP contribution in [0.15, 0.2) is 36.4 Å². The van der Waals surface area contributed by atoms with Crippen molar-refractivity contribution in [3.63, 3.8) is 0 Å². The predicted octanol–water partition coefficient (Wildman–Crippen LogP) is 4.56. The molecule has 0 amide bonds. The Labute approximate surface area is 185 Å². The summed E-state index contributed by atoms with van der Waals surface area (Å²) in [5.74, 6) is -0.983. The largest absolute Gasteiger partial charge is 0.465 e. The molecule has 4 rings (SSSR count). The normalized spacial score (nSPS) is 14.8. The molecule has 4 heteroatoms. The van der Waals surface area contributed by atoms with E-state index >= 15 is 0 Å². The van der Waals surface area contributed by atoms with Crippen molar-refractivity contribution in [2.45, 2.75) is 65.2 Å². The van der Waals surface area contributed by atoms with Crippen molar-refractivity contribution >= 4 is 11.9 Å². The van der Waals surface area contributed by atoms with Crippen molar-refractivity contribution in [2.24, 2.45) is 5.41 Å². The Morgan fingerprint density at radius 3 is 1.55 bits per heavy atom. The Balaban J connectivity index is 1.73. The summed E-state index contributed by atoms with van der Waals surface area (Å²) >= 11 is 0. The number of rotatable bonds is 8. The molecule has 2 aromatic rings. The van der Waals surface area contributed by atoms with E-state index in [-0.39, 0.29) is 26.1 Å². The van der Waals surface area contributed by atoms with E-state index in [2.05, 4.69) is 36.4 Å². The topological polar surface area (TPSA) is 52.6 Å². The molecule has 2 aromatic carbocycles.